The van der Waals surface area contributed by atoms with Crippen molar-refractivity contribution in [3.05, 3.63) is 39.6 Å². The molecule has 2 aromatic rings. The summed E-state index contributed by atoms with van der Waals surface area (Å²) in [4.78, 5) is 12.1. The maximum absolute atomic E-state index is 12.1. The lowest BCUT2D eigenvalue weighted by atomic mass is 10.2. The number of amides is 1. The molecule has 0 unspecified atom stereocenters. The molecule has 0 fully saturated rings. The fourth-order valence-corrected chi connectivity index (χ4v) is 2.61. The Kier molecular flexibility index (Phi) is 4.67. The summed E-state index contributed by atoms with van der Waals surface area (Å²) in [6.07, 6.45) is 0. The van der Waals surface area contributed by atoms with Crippen molar-refractivity contribution in [2.24, 2.45) is 7.05 Å². The van der Waals surface area contributed by atoms with Gasteiger partial charge in [0, 0.05) is 17.2 Å². The van der Waals surface area contributed by atoms with Crippen molar-refractivity contribution in [3.8, 4) is 0 Å². The third kappa shape index (κ3) is 3.64. The Bertz CT molecular complexity index is 679. The Morgan fingerprint density at radius 3 is 2.62 bits per heavy atom. The molecule has 0 spiro atoms. The number of hydrogen-bond donors (Lipinski definition) is 2. The molecule has 0 bridgehead atoms. The van der Waals surface area contributed by atoms with Gasteiger partial charge in [0.05, 0.1) is 23.6 Å². The summed E-state index contributed by atoms with van der Waals surface area (Å²) >= 11 is 3.42. The van der Waals surface area contributed by atoms with Gasteiger partial charge in [-0.1, -0.05) is 15.9 Å². The highest BCUT2D eigenvalue weighted by Gasteiger charge is 2.12. The molecule has 2 rings (SSSR count). The molecule has 2 N–H and O–H groups in total. The molecule has 1 amide bonds. The van der Waals surface area contributed by atoms with Gasteiger partial charge in [0.25, 0.3) is 0 Å². The van der Waals surface area contributed by atoms with Crippen LogP contribution in [0.15, 0.2) is 22.7 Å². The van der Waals surface area contributed by atoms with Gasteiger partial charge < -0.3 is 10.6 Å². The molecule has 0 aliphatic rings. The van der Waals surface area contributed by atoms with Gasteiger partial charge in [-0.3, -0.25) is 9.48 Å². The second-order valence-electron chi connectivity index (χ2n) is 5.03. The van der Waals surface area contributed by atoms with Gasteiger partial charge in [0.15, 0.2) is 0 Å². The summed E-state index contributed by atoms with van der Waals surface area (Å²) < 4.78 is 2.79. The predicted octanol–water partition coefficient (Wildman–Crippen LogP) is 3.16. The van der Waals surface area contributed by atoms with Gasteiger partial charge >= 0.3 is 0 Å². The van der Waals surface area contributed by atoms with Crippen LogP contribution in [0.1, 0.15) is 17.0 Å². The highest BCUT2D eigenvalue weighted by atomic mass is 79.9. The SMILES string of the molecule is Cc1cc(Br)ccc1NCC(=O)Nc1c(C)nn(C)c1C. The lowest BCUT2D eigenvalue weighted by molar-refractivity contribution is -0.114. The van der Waals surface area contributed by atoms with Crippen LogP contribution < -0.4 is 10.6 Å². The van der Waals surface area contributed by atoms with E-state index in [-0.39, 0.29) is 12.5 Å². The molecule has 0 aliphatic heterocycles. The van der Waals surface area contributed by atoms with Crippen LogP contribution in [0.4, 0.5) is 11.4 Å². The van der Waals surface area contributed by atoms with E-state index >= 15 is 0 Å². The Labute approximate surface area is 132 Å². The van der Waals surface area contributed by atoms with Crippen molar-refractivity contribution >= 4 is 33.2 Å². The van der Waals surface area contributed by atoms with Crippen LogP contribution in [0.2, 0.25) is 0 Å². The van der Waals surface area contributed by atoms with E-state index in [1.54, 1.807) is 4.68 Å². The first kappa shape index (κ1) is 15.6. The first-order chi connectivity index (χ1) is 9.88. The molecule has 0 radical (unpaired) electrons. The molecule has 6 heteroatoms. The standard InChI is InChI=1S/C15H19BrN4O/c1-9-7-12(16)5-6-13(9)17-8-14(21)18-15-10(2)19-20(4)11(15)3/h5-7,17H,8H2,1-4H3,(H,18,21). The van der Waals surface area contributed by atoms with Crippen molar-refractivity contribution in [1.29, 1.82) is 0 Å². The number of halogens is 1. The third-order valence-corrected chi connectivity index (χ3v) is 3.89. The molecule has 0 saturated carbocycles. The van der Waals surface area contributed by atoms with E-state index in [9.17, 15) is 4.79 Å². The predicted molar refractivity (Wildman–Crippen MR) is 88.7 cm³/mol. The number of benzene rings is 1. The van der Waals surface area contributed by atoms with E-state index in [4.69, 9.17) is 0 Å². The van der Waals surface area contributed by atoms with Crippen LogP contribution >= 0.6 is 15.9 Å². The Morgan fingerprint density at radius 1 is 1.33 bits per heavy atom. The maximum atomic E-state index is 12.1. The molecular weight excluding hydrogens is 332 g/mol. The van der Waals surface area contributed by atoms with Crippen molar-refractivity contribution < 1.29 is 4.79 Å². The number of carbonyl (C=O) groups is 1. The van der Waals surface area contributed by atoms with Crippen molar-refractivity contribution in [2.75, 3.05) is 17.2 Å². The molecular formula is C15H19BrN4O. The number of carbonyl (C=O) groups excluding carboxylic acids is 1. The molecule has 21 heavy (non-hydrogen) atoms. The average molecular weight is 351 g/mol. The fraction of sp³-hybridized carbons (Fsp3) is 0.333. The van der Waals surface area contributed by atoms with E-state index in [2.05, 4.69) is 31.7 Å². The van der Waals surface area contributed by atoms with Gasteiger partial charge in [-0.25, -0.2) is 0 Å². The third-order valence-electron chi connectivity index (χ3n) is 3.40. The number of aromatic nitrogens is 2. The summed E-state index contributed by atoms with van der Waals surface area (Å²) in [7, 11) is 1.86. The second kappa shape index (κ2) is 6.30. The van der Waals surface area contributed by atoms with Crippen LogP contribution in [0, 0.1) is 20.8 Å². The highest BCUT2D eigenvalue weighted by Crippen LogP contribution is 2.20. The normalized spacial score (nSPS) is 10.5. The molecule has 0 aliphatic carbocycles. The van der Waals surface area contributed by atoms with Crippen LogP contribution in [0.3, 0.4) is 0 Å². The second-order valence-corrected chi connectivity index (χ2v) is 5.95. The number of anilines is 2. The highest BCUT2D eigenvalue weighted by molar-refractivity contribution is 9.10. The van der Waals surface area contributed by atoms with Crippen LogP contribution in [-0.4, -0.2) is 22.2 Å². The minimum Gasteiger partial charge on any atom is -0.376 e. The van der Waals surface area contributed by atoms with E-state index < -0.39 is 0 Å². The molecule has 1 aromatic carbocycles. The Balaban J connectivity index is 1.99. The molecule has 1 aromatic heterocycles. The maximum Gasteiger partial charge on any atom is 0.243 e. The lowest BCUT2D eigenvalue weighted by Gasteiger charge is -2.10. The molecule has 0 saturated heterocycles. The minimum atomic E-state index is -0.0866. The zero-order chi connectivity index (χ0) is 15.6. The fourth-order valence-electron chi connectivity index (χ4n) is 2.14. The Morgan fingerprint density at radius 2 is 2.05 bits per heavy atom. The quantitative estimate of drug-likeness (QED) is 0.890. The summed E-state index contributed by atoms with van der Waals surface area (Å²) in [5.74, 6) is -0.0866. The summed E-state index contributed by atoms with van der Waals surface area (Å²) in [5.41, 5.74) is 4.60. The molecule has 1 heterocycles. The van der Waals surface area contributed by atoms with Crippen LogP contribution in [0.5, 0.6) is 0 Å². The van der Waals surface area contributed by atoms with Gasteiger partial charge in [0.1, 0.15) is 0 Å². The van der Waals surface area contributed by atoms with E-state index in [1.165, 1.54) is 0 Å². The van der Waals surface area contributed by atoms with Gasteiger partial charge in [0.2, 0.25) is 5.91 Å². The van der Waals surface area contributed by atoms with Crippen molar-refractivity contribution in [1.82, 2.24) is 9.78 Å². The van der Waals surface area contributed by atoms with E-state index in [0.717, 1.165) is 32.8 Å². The topological polar surface area (TPSA) is 59.0 Å². The number of rotatable bonds is 4. The van der Waals surface area contributed by atoms with Gasteiger partial charge in [-0.15, -0.1) is 0 Å². The van der Waals surface area contributed by atoms with Gasteiger partial charge in [-0.05, 0) is 44.5 Å². The Hall–Kier alpha value is -1.82. The summed E-state index contributed by atoms with van der Waals surface area (Å²) in [6, 6.07) is 5.91. The first-order valence-corrected chi connectivity index (χ1v) is 7.48. The smallest absolute Gasteiger partial charge is 0.243 e. The largest absolute Gasteiger partial charge is 0.376 e. The van der Waals surface area contributed by atoms with Crippen molar-refractivity contribution in [2.45, 2.75) is 20.8 Å². The summed E-state index contributed by atoms with van der Waals surface area (Å²) in [5, 5.41) is 10.3. The zero-order valence-corrected chi connectivity index (χ0v) is 14.2. The monoisotopic (exact) mass is 350 g/mol. The summed E-state index contributed by atoms with van der Waals surface area (Å²) in [6.45, 7) is 6.04. The van der Waals surface area contributed by atoms with Crippen molar-refractivity contribution in [3.63, 3.8) is 0 Å². The first-order valence-electron chi connectivity index (χ1n) is 6.68. The lowest BCUT2D eigenvalue weighted by Crippen LogP contribution is -2.22. The number of nitrogens with one attached hydrogen (secondary N) is 2. The average Bonchev–Trinajstić information content (AvgIpc) is 2.64. The molecule has 112 valence electrons. The zero-order valence-electron chi connectivity index (χ0n) is 12.6. The van der Waals surface area contributed by atoms with Crippen LogP contribution in [-0.2, 0) is 11.8 Å². The number of hydrogen-bond acceptors (Lipinski definition) is 3. The number of nitrogens with zero attached hydrogens (tertiary/aromatic N) is 2. The number of aryl methyl sites for hydroxylation is 3. The van der Waals surface area contributed by atoms with E-state index in [0.29, 0.717) is 0 Å². The van der Waals surface area contributed by atoms with E-state index in [1.807, 2.05) is 46.0 Å². The van der Waals surface area contributed by atoms with Gasteiger partial charge in [-0.2, -0.15) is 5.10 Å². The van der Waals surface area contributed by atoms with Crippen LogP contribution in [0.25, 0.3) is 0 Å². The molecule has 5 nitrogen and oxygen atoms in total. The molecule has 0 atom stereocenters. The minimum absolute atomic E-state index is 0.0866.